The standard InChI is InChI=1S/C16H13N3O2/c20-16(18-10-12-5-2-1-3-6-12)14-9-15(21-19-14)13-7-4-8-17-11-13/h1-9,11H,10H2,(H,18,20). The molecule has 1 N–H and O–H groups in total. The molecule has 5 nitrogen and oxygen atoms in total. The number of carbonyl (C=O) groups excluding carboxylic acids is 1. The summed E-state index contributed by atoms with van der Waals surface area (Å²) in [4.78, 5) is 16.0. The van der Waals surface area contributed by atoms with Gasteiger partial charge in [-0.25, -0.2) is 0 Å². The highest BCUT2D eigenvalue weighted by Gasteiger charge is 2.13. The van der Waals surface area contributed by atoms with E-state index in [1.54, 1.807) is 24.5 Å². The van der Waals surface area contributed by atoms with Crippen molar-refractivity contribution in [2.45, 2.75) is 6.54 Å². The molecule has 0 unspecified atom stereocenters. The molecule has 0 saturated carbocycles. The van der Waals surface area contributed by atoms with Crippen molar-refractivity contribution in [3.8, 4) is 11.3 Å². The van der Waals surface area contributed by atoms with Crippen LogP contribution in [0.3, 0.4) is 0 Å². The average molecular weight is 279 g/mol. The minimum Gasteiger partial charge on any atom is -0.355 e. The molecule has 0 spiro atoms. The van der Waals surface area contributed by atoms with Crippen LogP contribution >= 0.6 is 0 Å². The predicted octanol–water partition coefficient (Wildman–Crippen LogP) is 2.67. The lowest BCUT2D eigenvalue weighted by molar-refractivity contribution is 0.0942. The summed E-state index contributed by atoms with van der Waals surface area (Å²) in [5, 5.41) is 6.59. The van der Waals surface area contributed by atoms with Crippen LogP contribution in [0.25, 0.3) is 11.3 Å². The molecule has 21 heavy (non-hydrogen) atoms. The van der Waals surface area contributed by atoms with Crippen molar-refractivity contribution < 1.29 is 9.32 Å². The van der Waals surface area contributed by atoms with Gasteiger partial charge in [0.1, 0.15) is 0 Å². The van der Waals surface area contributed by atoms with Gasteiger partial charge in [-0.15, -0.1) is 0 Å². The van der Waals surface area contributed by atoms with E-state index in [-0.39, 0.29) is 11.6 Å². The topological polar surface area (TPSA) is 68.0 Å². The minimum absolute atomic E-state index is 0.254. The Bertz CT molecular complexity index is 724. The van der Waals surface area contributed by atoms with E-state index in [4.69, 9.17) is 4.52 Å². The van der Waals surface area contributed by atoms with E-state index < -0.39 is 0 Å². The first-order chi connectivity index (χ1) is 10.3. The zero-order valence-corrected chi connectivity index (χ0v) is 11.2. The van der Waals surface area contributed by atoms with Crippen LogP contribution in [-0.2, 0) is 6.54 Å². The summed E-state index contributed by atoms with van der Waals surface area (Å²) >= 11 is 0. The molecule has 0 bridgehead atoms. The zero-order chi connectivity index (χ0) is 14.5. The van der Waals surface area contributed by atoms with Crippen LogP contribution in [0.5, 0.6) is 0 Å². The first-order valence-electron chi connectivity index (χ1n) is 6.52. The second-order valence-electron chi connectivity index (χ2n) is 4.49. The molecule has 0 aliphatic heterocycles. The third kappa shape index (κ3) is 3.14. The van der Waals surface area contributed by atoms with Gasteiger partial charge in [-0.3, -0.25) is 9.78 Å². The maximum atomic E-state index is 12.0. The lowest BCUT2D eigenvalue weighted by Gasteiger charge is -2.02. The summed E-state index contributed by atoms with van der Waals surface area (Å²) in [5.74, 6) is 0.255. The highest BCUT2D eigenvalue weighted by Crippen LogP contribution is 2.18. The van der Waals surface area contributed by atoms with Crippen LogP contribution in [0.1, 0.15) is 16.1 Å². The van der Waals surface area contributed by atoms with Gasteiger partial charge < -0.3 is 9.84 Å². The van der Waals surface area contributed by atoms with Gasteiger partial charge in [-0.2, -0.15) is 0 Å². The summed E-state index contributed by atoms with van der Waals surface area (Å²) in [7, 11) is 0. The summed E-state index contributed by atoms with van der Waals surface area (Å²) in [6, 6.07) is 14.9. The van der Waals surface area contributed by atoms with Gasteiger partial charge in [0.15, 0.2) is 11.5 Å². The molecule has 0 saturated heterocycles. The molecule has 0 aliphatic carbocycles. The quantitative estimate of drug-likeness (QED) is 0.797. The Morgan fingerprint density at radius 3 is 2.76 bits per heavy atom. The van der Waals surface area contributed by atoms with Crippen molar-refractivity contribution in [2.75, 3.05) is 0 Å². The normalized spacial score (nSPS) is 10.3. The molecule has 0 fully saturated rings. The molecule has 2 heterocycles. The number of benzene rings is 1. The SMILES string of the molecule is O=C(NCc1ccccc1)c1cc(-c2cccnc2)on1. The molecular formula is C16H13N3O2. The lowest BCUT2D eigenvalue weighted by Crippen LogP contribution is -2.22. The highest BCUT2D eigenvalue weighted by atomic mass is 16.5. The van der Waals surface area contributed by atoms with E-state index in [1.807, 2.05) is 36.4 Å². The summed E-state index contributed by atoms with van der Waals surface area (Å²) in [5.41, 5.74) is 2.07. The Hall–Kier alpha value is -2.95. The summed E-state index contributed by atoms with van der Waals surface area (Å²) in [6.45, 7) is 0.453. The number of hydrogen-bond donors (Lipinski definition) is 1. The fraction of sp³-hybridized carbons (Fsp3) is 0.0625. The number of hydrogen-bond acceptors (Lipinski definition) is 4. The van der Waals surface area contributed by atoms with Gasteiger partial charge >= 0.3 is 0 Å². The monoisotopic (exact) mass is 279 g/mol. The van der Waals surface area contributed by atoms with E-state index in [1.165, 1.54) is 0 Å². The number of aromatic nitrogens is 2. The fourth-order valence-electron chi connectivity index (χ4n) is 1.90. The largest absolute Gasteiger partial charge is 0.355 e. The molecule has 3 aromatic rings. The average Bonchev–Trinajstić information content (AvgIpc) is 3.04. The van der Waals surface area contributed by atoms with Crippen molar-refractivity contribution in [2.24, 2.45) is 0 Å². The number of carbonyl (C=O) groups is 1. The lowest BCUT2D eigenvalue weighted by atomic mass is 10.2. The summed E-state index contributed by atoms with van der Waals surface area (Å²) < 4.78 is 5.17. The smallest absolute Gasteiger partial charge is 0.273 e. The van der Waals surface area contributed by atoms with Crippen LogP contribution < -0.4 is 5.32 Å². The Labute approximate surface area is 121 Å². The van der Waals surface area contributed by atoms with Gasteiger partial charge in [-0.05, 0) is 17.7 Å². The molecule has 0 atom stereocenters. The van der Waals surface area contributed by atoms with Crippen molar-refractivity contribution in [3.05, 3.63) is 72.2 Å². The first-order valence-corrected chi connectivity index (χ1v) is 6.52. The molecule has 104 valence electrons. The van der Waals surface area contributed by atoms with E-state index in [2.05, 4.69) is 15.5 Å². The third-order valence-electron chi connectivity index (χ3n) is 2.98. The third-order valence-corrected chi connectivity index (χ3v) is 2.98. The van der Waals surface area contributed by atoms with E-state index >= 15 is 0 Å². The van der Waals surface area contributed by atoms with Crippen molar-refractivity contribution in [3.63, 3.8) is 0 Å². The van der Waals surface area contributed by atoms with Gasteiger partial charge in [0.05, 0.1) is 0 Å². The Kier molecular flexibility index (Phi) is 3.73. The van der Waals surface area contributed by atoms with Gasteiger partial charge in [0, 0.05) is 30.6 Å². The number of nitrogens with one attached hydrogen (secondary N) is 1. The fourth-order valence-corrected chi connectivity index (χ4v) is 1.90. The second kappa shape index (κ2) is 6.00. The number of nitrogens with zero attached hydrogens (tertiary/aromatic N) is 2. The summed E-state index contributed by atoms with van der Waals surface area (Å²) in [6.07, 6.45) is 3.33. The van der Waals surface area contributed by atoms with Gasteiger partial charge in [0.25, 0.3) is 5.91 Å². The van der Waals surface area contributed by atoms with Crippen molar-refractivity contribution in [1.29, 1.82) is 0 Å². The zero-order valence-electron chi connectivity index (χ0n) is 11.2. The second-order valence-corrected chi connectivity index (χ2v) is 4.49. The Morgan fingerprint density at radius 2 is 2.00 bits per heavy atom. The van der Waals surface area contributed by atoms with E-state index in [9.17, 15) is 4.79 Å². The van der Waals surface area contributed by atoms with Crippen LogP contribution in [0.2, 0.25) is 0 Å². The first kappa shape index (κ1) is 13.1. The van der Waals surface area contributed by atoms with Crippen molar-refractivity contribution in [1.82, 2.24) is 15.5 Å². The molecule has 1 amide bonds. The number of amides is 1. The number of pyridine rings is 1. The van der Waals surface area contributed by atoms with Gasteiger partial charge in [-0.1, -0.05) is 35.5 Å². The van der Waals surface area contributed by atoms with E-state index in [0.29, 0.717) is 12.3 Å². The molecule has 2 aromatic heterocycles. The highest BCUT2D eigenvalue weighted by molar-refractivity contribution is 5.93. The number of rotatable bonds is 4. The predicted molar refractivity (Wildman–Crippen MR) is 77.3 cm³/mol. The Morgan fingerprint density at radius 1 is 1.14 bits per heavy atom. The maximum Gasteiger partial charge on any atom is 0.273 e. The molecule has 5 heteroatoms. The van der Waals surface area contributed by atoms with E-state index in [0.717, 1.165) is 11.1 Å². The van der Waals surface area contributed by atoms with Crippen LogP contribution in [-0.4, -0.2) is 16.0 Å². The Balaban J connectivity index is 1.67. The van der Waals surface area contributed by atoms with Crippen molar-refractivity contribution >= 4 is 5.91 Å². The molecule has 3 rings (SSSR count). The molecule has 0 radical (unpaired) electrons. The van der Waals surface area contributed by atoms with Crippen LogP contribution in [0, 0.1) is 0 Å². The molecule has 0 aliphatic rings. The van der Waals surface area contributed by atoms with Crippen LogP contribution in [0.4, 0.5) is 0 Å². The minimum atomic E-state index is -0.266. The van der Waals surface area contributed by atoms with Gasteiger partial charge in [0.2, 0.25) is 0 Å². The molecular weight excluding hydrogens is 266 g/mol. The molecule has 1 aromatic carbocycles. The van der Waals surface area contributed by atoms with Crippen LogP contribution in [0.15, 0.2) is 65.4 Å². The maximum absolute atomic E-state index is 12.0.